The highest BCUT2D eigenvalue weighted by Gasteiger charge is 2.44. The SMILES string of the molecule is C=C1C(=O)OC2C=C(COC3OC(CO)C(O)C(O)C3O)CCC=C(C=O)CCC12. The largest absolute Gasteiger partial charge is 0.454 e. The number of hydrogen-bond donors (Lipinski definition) is 4. The van der Waals surface area contributed by atoms with E-state index in [0.29, 0.717) is 36.8 Å². The molecule has 0 aromatic rings. The van der Waals surface area contributed by atoms with Crippen LogP contribution in [0.15, 0.2) is 35.5 Å². The highest BCUT2D eigenvalue weighted by Crippen LogP contribution is 2.34. The highest BCUT2D eigenvalue weighted by molar-refractivity contribution is 5.91. The van der Waals surface area contributed by atoms with Crippen molar-refractivity contribution >= 4 is 12.3 Å². The van der Waals surface area contributed by atoms with Crippen LogP contribution in [0.3, 0.4) is 0 Å². The fourth-order valence-electron chi connectivity index (χ4n) is 3.92. The van der Waals surface area contributed by atoms with E-state index >= 15 is 0 Å². The molecule has 166 valence electrons. The molecule has 2 aliphatic heterocycles. The van der Waals surface area contributed by atoms with Crippen LogP contribution in [0.2, 0.25) is 0 Å². The van der Waals surface area contributed by atoms with Crippen molar-refractivity contribution in [3.8, 4) is 0 Å². The number of hydrogen-bond acceptors (Lipinski definition) is 9. The van der Waals surface area contributed by atoms with E-state index in [2.05, 4.69) is 6.58 Å². The Bertz CT molecular complexity index is 726. The molecule has 0 saturated carbocycles. The predicted molar refractivity (Wildman–Crippen MR) is 103 cm³/mol. The molecule has 9 heteroatoms. The summed E-state index contributed by atoms with van der Waals surface area (Å²) in [5.41, 5.74) is 1.78. The smallest absolute Gasteiger partial charge is 0.334 e. The quantitative estimate of drug-likeness (QED) is 0.199. The van der Waals surface area contributed by atoms with Crippen LogP contribution in [-0.4, -0.2) is 82.7 Å². The van der Waals surface area contributed by atoms with E-state index in [4.69, 9.17) is 14.2 Å². The number of esters is 1. The lowest BCUT2D eigenvalue weighted by atomic mass is 9.88. The van der Waals surface area contributed by atoms with Gasteiger partial charge in [-0.1, -0.05) is 12.7 Å². The van der Waals surface area contributed by atoms with E-state index < -0.39 is 49.4 Å². The zero-order valence-corrected chi connectivity index (χ0v) is 16.6. The van der Waals surface area contributed by atoms with Gasteiger partial charge in [-0.25, -0.2) is 4.79 Å². The average molecular weight is 424 g/mol. The number of carbonyl (C=O) groups is 2. The van der Waals surface area contributed by atoms with Gasteiger partial charge in [0.2, 0.25) is 0 Å². The summed E-state index contributed by atoms with van der Waals surface area (Å²) >= 11 is 0. The number of carbonyl (C=O) groups excluding carboxylic acids is 2. The summed E-state index contributed by atoms with van der Waals surface area (Å²) in [6, 6.07) is 0. The third-order valence-electron chi connectivity index (χ3n) is 5.80. The molecule has 0 spiro atoms. The number of allylic oxidation sites excluding steroid dienone is 2. The van der Waals surface area contributed by atoms with Crippen molar-refractivity contribution in [1.82, 2.24) is 0 Å². The number of aliphatic hydroxyl groups excluding tert-OH is 4. The van der Waals surface area contributed by atoms with Gasteiger partial charge in [-0.2, -0.15) is 0 Å². The fourth-order valence-corrected chi connectivity index (χ4v) is 3.92. The van der Waals surface area contributed by atoms with Gasteiger partial charge in [-0.3, -0.25) is 4.79 Å². The zero-order chi connectivity index (χ0) is 21.8. The Morgan fingerprint density at radius 2 is 1.97 bits per heavy atom. The van der Waals surface area contributed by atoms with Crippen LogP contribution in [0.5, 0.6) is 0 Å². The maximum atomic E-state index is 12.0. The first-order chi connectivity index (χ1) is 14.3. The van der Waals surface area contributed by atoms with Crippen LogP contribution >= 0.6 is 0 Å². The van der Waals surface area contributed by atoms with Gasteiger partial charge in [0.25, 0.3) is 0 Å². The maximum Gasteiger partial charge on any atom is 0.334 e. The van der Waals surface area contributed by atoms with Crippen molar-refractivity contribution in [1.29, 1.82) is 0 Å². The minimum atomic E-state index is -1.53. The summed E-state index contributed by atoms with van der Waals surface area (Å²) in [7, 11) is 0. The molecule has 7 unspecified atom stereocenters. The summed E-state index contributed by atoms with van der Waals surface area (Å²) in [6.45, 7) is 3.27. The molecule has 2 fully saturated rings. The van der Waals surface area contributed by atoms with Crippen LogP contribution in [0.1, 0.15) is 25.7 Å². The van der Waals surface area contributed by atoms with Crippen LogP contribution in [0, 0.1) is 5.92 Å². The first-order valence-electron chi connectivity index (χ1n) is 10.0. The van der Waals surface area contributed by atoms with E-state index in [1.165, 1.54) is 0 Å². The van der Waals surface area contributed by atoms with E-state index in [1.54, 1.807) is 6.08 Å². The molecule has 2 saturated heterocycles. The molecule has 0 aromatic heterocycles. The minimum absolute atomic E-state index is 0.000198. The summed E-state index contributed by atoms with van der Waals surface area (Å²) < 4.78 is 16.4. The van der Waals surface area contributed by atoms with Gasteiger partial charge in [0.05, 0.1) is 13.2 Å². The third-order valence-corrected chi connectivity index (χ3v) is 5.80. The zero-order valence-electron chi connectivity index (χ0n) is 16.6. The lowest BCUT2D eigenvalue weighted by Crippen LogP contribution is -2.59. The fraction of sp³-hybridized carbons (Fsp3) is 0.619. The van der Waals surface area contributed by atoms with Crippen molar-refractivity contribution in [3.63, 3.8) is 0 Å². The maximum absolute atomic E-state index is 12.0. The molecular weight excluding hydrogens is 396 g/mol. The van der Waals surface area contributed by atoms with Gasteiger partial charge in [-0.15, -0.1) is 0 Å². The van der Waals surface area contributed by atoms with Gasteiger partial charge in [-0.05, 0) is 42.9 Å². The average Bonchev–Trinajstić information content (AvgIpc) is 3.01. The molecule has 4 N–H and O–H groups in total. The van der Waals surface area contributed by atoms with Crippen molar-refractivity contribution in [2.45, 2.75) is 62.5 Å². The summed E-state index contributed by atoms with van der Waals surface area (Å²) in [5, 5.41) is 39.2. The lowest BCUT2D eigenvalue weighted by Gasteiger charge is -2.39. The summed E-state index contributed by atoms with van der Waals surface area (Å²) in [6.07, 6.45) is -0.706. The number of ether oxygens (including phenoxy) is 3. The van der Waals surface area contributed by atoms with Crippen molar-refractivity contribution in [2.24, 2.45) is 5.92 Å². The molecule has 3 aliphatic rings. The molecule has 0 radical (unpaired) electrons. The lowest BCUT2D eigenvalue weighted by molar-refractivity contribution is -0.299. The third kappa shape index (κ3) is 4.88. The number of fused-ring (bicyclic) bond motifs is 1. The molecule has 1 aliphatic carbocycles. The Morgan fingerprint density at radius 1 is 1.20 bits per heavy atom. The predicted octanol–water partition coefficient (Wildman–Crippen LogP) is -0.474. The van der Waals surface area contributed by atoms with Crippen molar-refractivity contribution in [3.05, 3.63) is 35.5 Å². The first-order valence-corrected chi connectivity index (χ1v) is 10.0. The van der Waals surface area contributed by atoms with Crippen molar-refractivity contribution in [2.75, 3.05) is 13.2 Å². The number of aldehydes is 1. The Balaban J connectivity index is 1.74. The van der Waals surface area contributed by atoms with Crippen molar-refractivity contribution < 1.29 is 44.2 Å². The molecule has 2 heterocycles. The van der Waals surface area contributed by atoms with E-state index in [0.717, 1.165) is 11.9 Å². The second-order valence-electron chi connectivity index (χ2n) is 7.81. The highest BCUT2D eigenvalue weighted by atomic mass is 16.7. The number of aliphatic hydroxyl groups is 4. The molecule has 0 amide bonds. The monoisotopic (exact) mass is 424 g/mol. The Hall–Kier alpha value is -1.88. The molecule has 0 aromatic carbocycles. The normalized spacial score (nSPS) is 37.7. The molecule has 7 atom stereocenters. The van der Waals surface area contributed by atoms with Crippen LogP contribution in [0.25, 0.3) is 0 Å². The topological polar surface area (TPSA) is 143 Å². The Morgan fingerprint density at radius 3 is 2.67 bits per heavy atom. The van der Waals surface area contributed by atoms with Crippen LogP contribution < -0.4 is 0 Å². The van der Waals surface area contributed by atoms with Crippen LogP contribution in [-0.2, 0) is 23.8 Å². The minimum Gasteiger partial charge on any atom is -0.454 e. The Kier molecular flexibility index (Phi) is 7.56. The second-order valence-corrected chi connectivity index (χ2v) is 7.81. The summed E-state index contributed by atoms with van der Waals surface area (Å²) in [5.74, 6) is -0.715. The Labute approximate surface area is 174 Å². The molecule has 30 heavy (non-hydrogen) atoms. The number of rotatable bonds is 5. The first kappa shape index (κ1) is 22.8. The molecular formula is C21H28O9. The molecule has 9 nitrogen and oxygen atoms in total. The van der Waals surface area contributed by atoms with E-state index in [9.17, 15) is 30.0 Å². The molecule has 0 bridgehead atoms. The van der Waals surface area contributed by atoms with E-state index in [1.807, 2.05) is 6.08 Å². The van der Waals surface area contributed by atoms with Gasteiger partial charge < -0.3 is 34.6 Å². The van der Waals surface area contributed by atoms with Gasteiger partial charge >= 0.3 is 5.97 Å². The molecule has 3 rings (SSSR count). The van der Waals surface area contributed by atoms with Gasteiger partial charge in [0.1, 0.15) is 36.8 Å². The van der Waals surface area contributed by atoms with Gasteiger partial charge in [0.15, 0.2) is 6.29 Å². The van der Waals surface area contributed by atoms with E-state index in [-0.39, 0.29) is 12.5 Å². The van der Waals surface area contributed by atoms with Crippen LogP contribution in [0.4, 0.5) is 0 Å². The van der Waals surface area contributed by atoms with Gasteiger partial charge in [0, 0.05) is 11.5 Å². The standard InChI is InChI=1S/C21H28O9/c1-11-14-6-5-12(8-22)3-2-4-13(7-15(14)29-20(11)27)10-28-21-19(26)18(25)17(24)16(9-23)30-21/h3,7-8,14-19,21,23-26H,1-2,4-6,9-10H2. The summed E-state index contributed by atoms with van der Waals surface area (Å²) in [4.78, 5) is 23.3. The second kappa shape index (κ2) is 9.95.